The van der Waals surface area contributed by atoms with E-state index < -0.39 is 0 Å². The maximum atomic E-state index is 10.3. The average molecular weight is 338 g/mol. The molecule has 4 nitrogen and oxygen atoms in total. The third-order valence-corrected chi connectivity index (χ3v) is 4.16. The van der Waals surface area contributed by atoms with Crippen LogP contribution in [0.25, 0.3) is 10.2 Å². The molecule has 0 aliphatic carbocycles. The predicted octanol–water partition coefficient (Wildman–Crippen LogP) is 3.88. The molecule has 0 spiro atoms. The third kappa shape index (κ3) is 2.12. The van der Waals surface area contributed by atoms with E-state index in [0.29, 0.717) is 30.6 Å². The predicted molar refractivity (Wildman–Crippen MR) is 68.9 cm³/mol. The Labute approximate surface area is 109 Å². The molecule has 1 heterocycles. The first-order valence-electron chi connectivity index (χ1n) is 3.91. The number of hydrogen-bond donors (Lipinski definition) is 1. The molecule has 16 heavy (non-hydrogen) atoms. The first-order valence-corrected chi connectivity index (χ1v) is 6.71. The third-order valence-electron chi connectivity index (χ3n) is 1.74. The fourth-order valence-electron chi connectivity index (χ4n) is 1.15. The number of halogens is 2. The molecule has 0 aliphatic heterocycles. The van der Waals surface area contributed by atoms with Crippen LogP contribution in [0, 0.1) is 5.81 Å². The van der Waals surface area contributed by atoms with Crippen molar-refractivity contribution >= 4 is 62.1 Å². The van der Waals surface area contributed by atoms with Crippen LogP contribution < -0.4 is 10.5 Å². The van der Waals surface area contributed by atoms with E-state index in [0.717, 1.165) is 0 Å². The van der Waals surface area contributed by atoms with Gasteiger partial charge in [-0.2, -0.15) is 0 Å². The number of hydrogen-bond acceptors (Lipinski definition) is 5. The van der Waals surface area contributed by atoms with Gasteiger partial charge in [0.1, 0.15) is 0 Å². The Morgan fingerprint density at radius 1 is 1.69 bits per heavy atom. The molecule has 0 aliphatic rings. The number of benzene rings is 1. The fraction of sp³-hybridized carbons (Fsp3) is 0. The van der Waals surface area contributed by atoms with Gasteiger partial charge in [0.05, 0.1) is 0 Å². The molecular weight excluding hydrogens is 334 g/mol. The first-order chi connectivity index (χ1) is 7.63. The normalized spacial score (nSPS) is 10.1. The molecule has 0 radical (unpaired) electrons. The van der Waals surface area contributed by atoms with Crippen molar-refractivity contribution < 1.29 is 9.30 Å². The van der Waals surface area contributed by atoms with Gasteiger partial charge in [0.15, 0.2) is 0 Å². The summed E-state index contributed by atoms with van der Waals surface area (Å²) in [4.78, 5) is 4.09. The van der Waals surface area contributed by atoms with E-state index in [1.54, 1.807) is 6.07 Å². The van der Waals surface area contributed by atoms with E-state index in [2.05, 4.69) is 26.7 Å². The van der Waals surface area contributed by atoms with Crippen molar-refractivity contribution in [3.05, 3.63) is 15.6 Å². The van der Waals surface area contributed by atoms with E-state index in [4.69, 9.17) is 22.1 Å². The Bertz CT molecular complexity index is 669. The summed E-state index contributed by atoms with van der Waals surface area (Å²) in [5.74, 6) is 2.59. The fourth-order valence-corrected chi connectivity index (χ4v) is 2.87. The molecule has 1 aromatic carbocycles. The summed E-state index contributed by atoms with van der Waals surface area (Å²) in [7, 11) is -0.338. The molecular formula is C8H3BrClN2O2PS. The van der Waals surface area contributed by atoms with Gasteiger partial charge in [-0.1, -0.05) is 0 Å². The molecule has 2 aromatic rings. The molecule has 0 saturated heterocycles. The number of nitrogens with zero attached hydrogens (tertiary/aromatic N) is 1. The summed E-state index contributed by atoms with van der Waals surface area (Å²) in [5, 5.41) is 0.913. The molecule has 0 atom stereocenters. The van der Waals surface area contributed by atoms with Crippen molar-refractivity contribution in [2.45, 2.75) is 0 Å². The minimum absolute atomic E-state index is 0.338. The SMILES string of the molecule is Nc1nc2c(OC#P=O)cc(Br)c(Cl)c2s1. The number of aromatic nitrogens is 1. The molecule has 82 valence electrons. The number of anilines is 1. The summed E-state index contributed by atoms with van der Waals surface area (Å²) in [5.41, 5.74) is 6.14. The van der Waals surface area contributed by atoms with E-state index in [1.165, 1.54) is 11.3 Å². The molecule has 0 amide bonds. The van der Waals surface area contributed by atoms with Gasteiger partial charge in [0, 0.05) is 0 Å². The van der Waals surface area contributed by atoms with Crippen molar-refractivity contribution in [3.8, 4) is 11.6 Å². The van der Waals surface area contributed by atoms with Gasteiger partial charge in [-0.05, 0) is 0 Å². The second-order valence-electron chi connectivity index (χ2n) is 2.68. The molecule has 0 fully saturated rings. The molecule has 0 unspecified atom stereocenters. The van der Waals surface area contributed by atoms with Crippen molar-refractivity contribution in [3.63, 3.8) is 0 Å². The van der Waals surface area contributed by atoms with E-state index in [-0.39, 0.29) is 7.92 Å². The van der Waals surface area contributed by atoms with Crippen molar-refractivity contribution in [1.82, 2.24) is 4.98 Å². The zero-order chi connectivity index (χ0) is 11.7. The van der Waals surface area contributed by atoms with Crippen molar-refractivity contribution in [1.29, 1.82) is 0 Å². The van der Waals surface area contributed by atoms with Gasteiger partial charge in [-0.15, -0.1) is 0 Å². The molecule has 2 rings (SSSR count). The van der Waals surface area contributed by atoms with Crippen LogP contribution in [0.2, 0.25) is 5.02 Å². The second kappa shape index (κ2) is 4.78. The van der Waals surface area contributed by atoms with Crippen molar-refractivity contribution in [2.24, 2.45) is 0 Å². The second-order valence-corrected chi connectivity index (χ2v) is 5.31. The van der Waals surface area contributed by atoms with Crippen LogP contribution in [0.3, 0.4) is 0 Å². The number of nitrogens with two attached hydrogens (primary N) is 1. The molecule has 0 bridgehead atoms. The van der Waals surface area contributed by atoms with Gasteiger partial charge < -0.3 is 0 Å². The number of rotatable bonds is 1. The molecule has 2 N–H and O–H groups in total. The van der Waals surface area contributed by atoms with Gasteiger partial charge >= 0.3 is 109 Å². The van der Waals surface area contributed by atoms with Gasteiger partial charge in [0.2, 0.25) is 0 Å². The van der Waals surface area contributed by atoms with Crippen LogP contribution >= 0.6 is 46.8 Å². The summed E-state index contributed by atoms with van der Waals surface area (Å²) < 4.78 is 16.7. The standard InChI is InChI=1S/C8H3BrClN2O2PS/c9-3-1-4(14-2-15-13)6-7(5(3)10)16-8(11)12-6/h1H,(H2,11,12). The number of ether oxygens (including phenoxy) is 1. The van der Waals surface area contributed by atoms with Gasteiger partial charge in [0.25, 0.3) is 0 Å². The summed E-state index contributed by atoms with van der Waals surface area (Å²) in [6.45, 7) is 0. The van der Waals surface area contributed by atoms with Crippen LogP contribution in [0.1, 0.15) is 0 Å². The molecule has 0 saturated carbocycles. The number of nitrogen functional groups attached to an aromatic ring is 1. The Morgan fingerprint density at radius 3 is 3.12 bits per heavy atom. The Kier molecular flexibility index (Phi) is 3.57. The summed E-state index contributed by atoms with van der Waals surface area (Å²) in [6, 6.07) is 1.63. The van der Waals surface area contributed by atoms with E-state index in [9.17, 15) is 4.57 Å². The van der Waals surface area contributed by atoms with Crippen LogP contribution in [-0.2, 0) is 4.57 Å². The summed E-state index contributed by atoms with van der Waals surface area (Å²) >= 11 is 10.6. The van der Waals surface area contributed by atoms with Crippen LogP contribution in [0.15, 0.2) is 10.5 Å². The van der Waals surface area contributed by atoms with Crippen LogP contribution in [0.4, 0.5) is 5.13 Å². The van der Waals surface area contributed by atoms with E-state index in [1.807, 2.05) is 0 Å². The number of fused-ring (bicyclic) bond motifs is 1. The Balaban J connectivity index is 2.76. The summed E-state index contributed by atoms with van der Waals surface area (Å²) in [6.07, 6.45) is 0. The zero-order valence-corrected chi connectivity index (χ0v) is 11.6. The van der Waals surface area contributed by atoms with Gasteiger partial charge in [-0.3, -0.25) is 0 Å². The topological polar surface area (TPSA) is 65.2 Å². The Hall–Kier alpha value is -0.510. The monoisotopic (exact) mass is 336 g/mol. The quantitative estimate of drug-likeness (QED) is 0.802. The van der Waals surface area contributed by atoms with Crippen molar-refractivity contribution in [2.75, 3.05) is 5.73 Å². The first kappa shape index (κ1) is 12.0. The zero-order valence-electron chi connectivity index (χ0n) is 7.53. The Morgan fingerprint density at radius 2 is 2.44 bits per heavy atom. The molecule has 8 heteroatoms. The van der Waals surface area contributed by atoms with E-state index >= 15 is 0 Å². The van der Waals surface area contributed by atoms with Gasteiger partial charge in [-0.25, -0.2) is 0 Å². The maximum absolute atomic E-state index is 10.3. The molecule has 1 aromatic heterocycles. The van der Waals surface area contributed by atoms with Crippen LogP contribution in [-0.4, -0.2) is 4.98 Å². The van der Waals surface area contributed by atoms with Crippen LogP contribution in [0.5, 0.6) is 5.75 Å². The number of thiazole rings is 1. The average Bonchev–Trinajstić information content (AvgIpc) is 2.64. The minimum atomic E-state index is -0.338.